The molecule has 82 valence electrons. The number of rotatable bonds is 5. The minimum absolute atomic E-state index is 0.182. The third-order valence-corrected chi connectivity index (χ3v) is 1.82. The van der Waals surface area contributed by atoms with Crippen LogP contribution in [0.4, 0.5) is 0 Å². The fourth-order valence-electron chi connectivity index (χ4n) is 0.554. The molecule has 0 aliphatic rings. The van der Waals surface area contributed by atoms with Gasteiger partial charge in [0.2, 0.25) is 0 Å². The van der Waals surface area contributed by atoms with Crippen molar-refractivity contribution in [2.45, 2.75) is 42.8 Å². The van der Waals surface area contributed by atoms with E-state index < -0.39 is 5.97 Å². The SMILES string of the molecule is CC(=O)[O-].ClC(Cl)CCCC[CH2][Ni+]. The molecule has 0 aromatic rings. The van der Waals surface area contributed by atoms with Crippen molar-refractivity contribution in [2.75, 3.05) is 0 Å². The number of aliphatic carboxylic acids is 1. The molecule has 0 heterocycles. The Balaban J connectivity index is 0. The normalized spacial score (nSPS) is 9.38. The molecule has 0 bridgehead atoms. The molecular weight excluding hydrogens is 258 g/mol. The average Bonchev–Trinajstić information content (AvgIpc) is 1.97. The van der Waals surface area contributed by atoms with Gasteiger partial charge < -0.3 is 9.90 Å². The van der Waals surface area contributed by atoms with Crippen LogP contribution in [0.3, 0.4) is 0 Å². The number of halogens is 2. The van der Waals surface area contributed by atoms with Crippen LogP contribution >= 0.6 is 23.2 Å². The maximum absolute atomic E-state index is 8.89. The molecule has 5 heteroatoms. The summed E-state index contributed by atoms with van der Waals surface area (Å²) in [5, 5.41) is 9.79. The summed E-state index contributed by atoms with van der Waals surface area (Å²) >= 11 is 15.5. The van der Waals surface area contributed by atoms with Gasteiger partial charge >= 0.3 is 74.6 Å². The Morgan fingerprint density at radius 3 is 2.15 bits per heavy atom. The molecule has 13 heavy (non-hydrogen) atoms. The molecule has 0 rings (SSSR count). The van der Waals surface area contributed by atoms with E-state index >= 15 is 0 Å². The number of carboxylic acids is 1. The quantitative estimate of drug-likeness (QED) is 0.436. The summed E-state index contributed by atoms with van der Waals surface area (Å²) in [6.45, 7) is 0.972. The molecular formula is C8H14Cl2NiO2. The second kappa shape index (κ2) is 12.5. The molecule has 0 unspecified atom stereocenters. The first kappa shape index (κ1) is 16.0. The second-order valence-corrected chi connectivity index (χ2v) is 4.16. The number of alkyl halides is 2. The van der Waals surface area contributed by atoms with Crippen molar-refractivity contribution in [3.63, 3.8) is 0 Å². The van der Waals surface area contributed by atoms with Gasteiger partial charge in [-0.3, -0.25) is 0 Å². The first-order chi connectivity index (χ1) is 6.00. The van der Waals surface area contributed by atoms with Crippen LogP contribution in [-0.4, -0.2) is 10.8 Å². The van der Waals surface area contributed by atoms with Crippen LogP contribution < -0.4 is 5.11 Å². The molecule has 0 fully saturated rings. The van der Waals surface area contributed by atoms with Crippen LogP contribution in [0, 0.1) is 0 Å². The van der Waals surface area contributed by atoms with Gasteiger partial charge in [0, 0.05) is 5.97 Å². The van der Waals surface area contributed by atoms with Gasteiger partial charge in [-0.15, -0.1) is 0 Å². The van der Waals surface area contributed by atoms with E-state index in [9.17, 15) is 0 Å². The fraction of sp³-hybridized carbons (Fsp3) is 0.875. The van der Waals surface area contributed by atoms with Gasteiger partial charge in [-0.25, -0.2) is 0 Å². The Morgan fingerprint density at radius 2 is 1.85 bits per heavy atom. The third kappa shape index (κ3) is 32.6. The molecule has 2 nitrogen and oxygen atoms in total. The molecule has 0 N–H and O–H groups in total. The summed E-state index contributed by atoms with van der Waals surface area (Å²) in [6.07, 6.45) is 4.33. The number of carbonyl (C=O) groups excluding carboxylic acids is 1. The van der Waals surface area contributed by atoms with Gasteiger partial charge in [0.1, 0.15) is 0 Å². The van der Waals surface area contributed by atoms with Crippen molar-refractivity contribution in [3.8, 4) is 0 Å². The van der Waals surface area contributed by atoms with E-state index in [1.807, 2.05) is 0 Å². The maximum atomic E-state index is 8.89. The summed E-state index contributed by atoms with van der Waals surface area (Å²) in [5.41, 5.74) is 0. The van der Waals surface area contributed by atoms with Crippen molar-refractivity contribution < 1.29 is 25.4 Å². The van der Waals surface area contributed by atoms with Gasteiger partial charge in [0.15, 0.2) is 0 Å². The molecule has 0 aromatic heterocycles. The van der Waals surface area contributed by atoms with E-state index in [1.54, 1.807) is 0 Å². The zero-order valence-corrected chi connectivity index (χ0v) is 10.0. The molecule has 0 saturated carbocycles. The monoisotopic (exact) mass is 270 g/mol. The van der Waals surface area contributed by atoms with Crippen LogP contribution in [-0.2, 0) is 20.3 Å². The molecule has 0 spiro atoms. The number of carbonyl (C=O) groups is 1. The van der Waals surface area contributed by atoms with E-state index in [0.717, 1.165) is 31.6 Å². The van der Waals surface area contributed by atoms with Gasteiger partial charge in [0.25, 0.3) is 0 Å². The predicted molar refractivity (Wildman–Crippen MR) is 49.5 cm³/mol. The Hall–Kier alpha value is 0.544. The van der Waals surface area contributed by atoms with Crippen molar-refractivity contribution in [3.05, 3.63) is 0 Å². The number of carboxylic acid groups (broad SMARTS) is 1. The minimum atomic E-state index is -1.08. The van der Waals surface area contributed by atoms with Gasteiger partial charge in [-0.2, -0.15) is 0 Å². The zero-order valence-electron chi connectivity index (χ0n) is 7.50. The van der Waals surface area contributed by atoms with Gasteiger partial charge in [-0.1, -0.05) is 0 Å². The standard InChI is InChI=1S/C6H11Cl2.C2H4O2.Ni/c1-2-3-4-5-6(7)8;1-2(3)4;/h6H,1-5H2;1H3,(H,3,4);/q;;+1/p-1. The summed E-state index contributed by atoms with van der Waals surface area (Å²) in [6, 6.07) is 0. The molecule has 0 saturated heterocycles. The van der Waals surface area contributed by atoms with E-state index in [1.165, 1.54) is 6.42 Å². The van der Waals surface area contributed by atoms with E-state index in [-0.39, 0.29) is 4.84 Å². The summed E-state index contributed by atoms with van der Waals surface area (Å²) in [5.74, 6) is -1.08. The predicted octanol–water partition coefficient (Wildman–Crippen LogP) is 2.07. The van der Waals surface area contributed by atoms with Crippen molar-refractivity contribution >= 4 is 29.2 Å². The number of hydrogen-bond donors (Lipinski definition) is 0. The van der Waals surface area contributed by atoms with Crippen LogP contribution in [0.2, 0.25) is 5.39 Å². The van der Waals surface area contributed by atoms with Gasteiger partial charge in [-0.05, 0) is 6.92 Å². The van der Waals surface area contributed by atoms with E-state index in [2.05, 4.69) is 15.5 Å². The fourth-order valence-corrected chi connectivity index (χ4v) is 1.11. The van der Waals surface area contributed by atoms with Crippen LogP contribution in [0.25, 0.3) is 0 Å². The summed E-state index contributed by atoms with van der Waals surface area (Å²) in [4.78, 5) is 8.71. The van der Waals surface area contributed by atoms with E-state index in [4.69, 9.17) is 33.1 Å². The molecule has 0 amide bonds. The van der Waals surface area contributed by atoms with Gasteiger partial charge in [0.05, 0.1) is 0 Å². The van der Waals surface area contributed by atoms with Crippen molar-refractivity contribution in [1.29, 1.82) is 0 Å². The third-order valence-electron chi connectivity index (χ3n) is 1.03. The number of unbranched alkanes of at least 4 members (excludes halogenated alkanes) is 2. The average molecular weight is 272 g/mol. The Labute approximate surface area is 97.3 Å². The zero-order chi connectivity index (χ0) is 10.7. The molecule has 0 atom stereocenters. The van der Waals surface area contributed by atoms with Crippen LogP contribution in [0.15, 0.2) is 0 Å². The van der Waals surface area contributed by atoms with Crippen LogP contribution in [0.1, 0.15) is 32.6 Å². The number of hydrogen-bond acceptors (Lipinski definition) is 2. The Kier molecular flexibility index (Phi) is 15.4. The first-order valence-corrected chi connectivity index (χ1v) is 5.55. The molecule has 0 aliphatic carbocycles. The Morgan fingerprint density at radius 1 is 1.38 bits per heavy atom. The van der Waals surface area contributed by atoms with Crippen molar-refractivity contribution in [1.82, 2.24) is 0 Å². The van der Waals surface area contributed by atoms with E-state index in [0.29, 0.717) is 0 Å². The Bertz CT molecular complexity index is 117. The molecule has 0 aliphatic heterocycles. The van der Waals surface area contributed by atoms with Crippen LogP contribution in [0.5, 0.6) is 0 Å². The molecule has 0 radical (unpaired) electrons. The van der Waals surface area contributed by atoms with Crippen molar-refractivity contribution in [2.24, 2.45) is 0 Å². The summed E-state index contributed by atoms with van der Waals surface area (Å²) < 4.78 is 0. The second-order valence-electron chi connectivity index (χ2n) is 2.39. The summed E-state index contributed by atoms with van der Waals surface area (Å²) in [7, 11) is 0. The molecule has 0 aromatic carbocycles. The first-order valence-electron chi connectivity index (χ1n) is 3.98. The topological polar surface area (TPSA) is 40.1 Å².